The van der Waals surface area contributed by atoms with Crippen molar-refractivity contribution in [3.8, 4) is 0 Å². The van der Waals surface area contributed by atoms with E-state index in [4.69, 9.17) is 30.5 Å². The van der Waals surface area contributed by atoms with Gasteiger partial charge in [0.25, 0.3) is 0 Å². The maximum Gasteiger partial charge on any atom is 1.00 e. The monoisotopic (exact) mass is 734 g/mol. The zero-order valence-corrected chi connectivity index (χ0v) is 34.6. The molecule has 0 aliphatic carbocycles. The standard InChI is InChI=1S/C38H61ClO10.Na/c1-10-25(35-21(6)17-38(12-3,49-35)29-13-14-37(45,11-2)24(9)46-29)32(42)22(7)31(41)23(8)34-20(5)15-19(4)27(47-34)16-26(40)30-33(43)28(18-39)48-36(30)44;/h18-25,27,29,31-32,34-35,41-43,45H,10-17H2,1-9H3;/q;+1/p-1/b28-18-;/t19-,20-,21+,22-,23-,24+,25+,27-,29-,31+,32+,34+,35+,37-,38+;/m1./s1. The molecule has 3 fully saturated rings. The number of cyclic esters (lactones) is 1. The molecule has 0 radical (unpaired) electrons. The van der Waals surface area contributed by atoms with Crippen molar-refractivity contribution in [2.24, 2.45) is 35.5 Å². The molecule has 12 heteroatoms. The van der Waals surface area contributed by atoms with Crippen LogP contribution in [0.15, 0.2) is 22.6 Å². The Kier molecular flexibility index (Phi) is 15.6. The third-order valence-corrected chi connectivity index (χ3v) is 12.9. The normalized spacial score (nSPS) is 40.2. The smallest absolute Gasteiger partial charge is 0.869 e. The third-order valence-electron chi connectivity index (χ3n) is 12.7. The van der Waals surface area contributed by atoms with Crippen molar-refractivity contribution < 1.29 is 78.5 Å². The fourth-order valence-corrected chi connectivity index (χ4v) is 9.47. The quantitative estimate of drug-likeness (QED) is 0.145. The van der Waals surface area contributed by atoms with Gasteiger partial charge in [-0.3, -0.25) is 4.79 Å². The number of ketones is 1. The van der Waals surface area contributed by atoms with E-state index in [9.17, 15) is 30.0 Å². The van der Waals surface area contributed by atoms with Crippen LogP contribution in [-0.4, -0.2) is 81.0 Å². The number of aliphatic hydroxyl groups is 3. The summed E-state index contributed by atoms with van der Waals surface area (Å²) in [7, 11) is 0. The minimum Gasteiger partial charge on any atom is -0.869 e. The van der Waals surface area contributed by atoms with Gasteiger partial charge in [-0.2, -0.15) is 0 Å². The summed E-state index contributed by atoms with van der Waals surface area (Å²) in [5.41, 5.74) is -1.04. The number of Topliss-reactive ketones (excluding diaryl/α,β-unsaturated/α-hetero) is 1. The fraction of sp³-hybridized carbons (Fsp3) is 0.842. The molecule has 4 heterocycles. The van der Waals surface area contributed by atoms with Crippen molar-refractivity contribution >= 4 is 23.4 Å². The van der Waals surface area contributed by atoms with E-state index in [2.05, 4.69) is 20.8 Å². The van der Waals surface area contributed by atoms with Gasteiger partial charge in [-0.25, -0.2) is 4.79 Å². The molecular weight excluding hydrogens is 675 g/mol. The number of hydrogen-bond donors (Lipinski definition) is 3. The molecule has 0 aromatic heterocycles. The van der Waals surface area contributed by atoms with Gasteiger partial charge in [-0.1, -0.05) is 67.0 Å². The van der Waals surface area contributed by atoms with E-state index in [1.165, 1.54) is 0 Å². The van der Waals surface area contributed by atoms with E-state index in [0.29, 0.717) is 25.7 Å². The first-order valence-electron chi connectivity index (χ1n) is 18.5. The predicted octanol–water partition coefficient (Wildman–Crippen LogP) is 1.93. The summed E-state index contributed by atoms with van der Waals surface area (Å²) >= 11 is 5.57. The summed E-state index contributed by atoms with van der Waals surface area (Å²) in [6.07, 6.45) is 1.34. The Morgan fingerprint density at radius 1 is 1.02 bits per heavy atom. The van der Waals surface area contributed by atoms with E-state index in [-0.39, 0.29) is 89.6 Å². The maximum absolute atomic E-state index is 13.1. The zero-order valence-electron chi connectivity index (χ0n) is 31.8. The third kappa shape index (κ3) is 8.55. The maximum atomic E-state index is 13.1. The molecule has 4 rings (SSSR count). The molecule has 4 aliphatic heterocycles. The Morgan fingerprint density at radius 3 is 2.22 bits per heavy atom. The first-order chi connectivity index (χ1) is 23.0. The average molecular weight is 735 g/mol. The molecule has 0 unspecified atom stereocenters. The van der Waals surface area contributed by atoms with Crippen LogP contribution in [0.4, 0.5) is 0 Å². The van der Waals surface area contributed by atoms with E-state index >= 15 is 0 Å². The first kappa shape index (κ1) is 43.9. The molecule has 0 amide bonds. The number of carbonyl (C=O) groups is 2. The van der Waals surface area contributed by atoms with Crippen LogP contribution in [-0.2, 0) is 28.5 Å². The molecule has 3 saturated heterocycles. The molecule has 4 aliphatic rings. The Morgan fingerprint density at radius 2 is 1.68 bits per heavy atom. The molecule has 0 aromatic carbocycles. The molecule has 0 saturated carbocycles. The molecule has 0 spiro atoms. The van der Waals surface area contributed by atoms with Crippen LogP contribution >= 0.6 is 11.6 Å². The molecule has 280 valence electrons. The summed E-state index contributed by atoms with van der Waals surface area (Å²) in [4.78, 5) is 25.3. The van der Waals surface area contributed by atoms with Gasteiger partial charge in [-0.05, 0) is 75.4 Å². The van der Waals surface area contributed by atoms with Crippen LogP contribution < -0.4 is 34.7 Å². The number of carbonyl (C=O) groups excluding carboxylic acids is 2. The molecule has 50 heavy (non-hydrogen) atoms. The number of esters is 1. The van der Waals surface area contributed by atoms with Gasteiger partial charge in [0.1, 0.15) is 5.76 Å². The van der Waals surface area contributed by atoms with Gasteiger partial charge >= 0.3 is 35.5 Å². The van der Waals surface area contributed by atoms with Gasteiger partial charge in [0.05, 0.1) is 59.5 Å². The minimum atomic E-state index is -1.01. The Bertz CT molecular complexity index is 1260. The van der Waals surface area contributed by atoms with Crippen molar-refractivity contribution in [3.63, 3.8) is 0 Å². The van der Waals surface area contributed by atoms with Crippen molar-refractivity contribution in [1.82, 2.24) is 0 Å². The Balaban J connectivity index is 0.00000676. The van der Waals surface area contributed by atoms with E-state index in [0.717, 1.165) is 24.8 Å². The largest absolute Gasteiger partial charge is 1.00 e. The summed E-state index contributed by atoms with van der Waals surface area (Å²) in [6, 6.07) is 0. The summed E-state index contributed by atoms with van der Waals surface area (Å²) < 4.78 is 24.7. The summed E-state index contributed by atoms with van der Waals surface area (Å²) in [6.45, 7) is 18.0. The first-order valence-corrected chi connectivity index (χ1v) is 19.0. The van der Waals surface area contributed by atoms with E-state index in [1.54, 1.807) is 0 Å². The van der Waals surface area contributed by atoms with E-state index < -0.39 is 64.6 Å². The minimum absolute atomic E-state index is 0. The van der Waals surface area contributed by atoms with Gasteiger partial charge in [0, 0.05) is 29.7 Å². The summed E-state index contributed by atoms with van der Waals surface area (Å²) in [5, 5.41) is 47.1. The van der Waals surface area contributed by atoms with Crippen molar-refractivity contribution in [1.29, 1.82) is 0 Å². The van der Waals surface area contributed by atoms with Gasteiger partial charge in [0.2, 0.25) is 0 Å². The topological polar surface area (TPSA) is 155 Å². The molecule has 10 nitrogen and oxygen atoms in total. The van der Waals surface area contributed by atoms with Crippen molar-refractivity contribution in [2.45, 2.75) is 168 Å². The van der Waals surface area contributed by atoms with Crippen LogP contribution in [0.5, 0.6) is 0 Å². The predicted molar refractivity (Wildman–Crippen MR) is 183 cm³/mol. The second-order valence-corrected chi connectivity index (χ2v) is 16.0. The van der Waals surface area contributed by atoms with Crippen molar-refractivity contribution in [3.05, 3.63) is 22.6 Å². The van der Waals surface area contributed by atoms with Crippen LogP contribution in [0.3, 0.4) is 0 Å². The van der Waals surface area contributed by atoms with Crippen LogP contribution in [0, 0.1) is 35.5 Å². The Hall–Kier alpha value is -0.530. The number of hydrogen-bond acceptors (Lipinski definition) is 10. The number of aliphatic hydroxyl groups excluding tert-OH is 2. The SMILES string of the molecule is CC[C@@H]([C@@H](O)[C@H](C)[C@H](O)[C@@H](C)[C@H]1O[C@H](CC(=O)C2=C([O-])/C(=C/Cl)OC2=O)[C@H](C)C[C@H]1C)[C@H]1O[C@](CC)([C@H]2CC[C@](O)(CC)[C@H](C)O2)C[C@@H]1C.[Na+]. The zero-order chi connectivity index (χ0) is 36.6. The van der Waals surface area contributed by atoms with E-state index in [1.807, 2.05) is 41.5 Å². The van der Waals surface area contributed by atoms with Crippen LogP contribution in [0.1, 0.15) is 114 Å². The molecule has 0 aromatic rings. The summed E-state index contributed by atoms with van der Waals surface area (Å²) in [5.74, 6) is -3.78. The molecule has 0 bridgehead atoms. The number of ether oxygens (including phenoxy) is 4. The second-order valence-electron chi connectivity index (χ2n) is 15.7. The molecule has 3 N–H and O–H groups in total. The van der Waals surface area contributed by atoms with Crippen LogP contribution in [0.2, 0.25) is 0 Å². The van der Waals surface area contributed by atoms with Crippen LogP contribution in [0.25, 0.3) is 0 Å². The molecule has 15 atom stereocenters. The number of halogens is 1. The number of rotatable bonds is 13. The fourth-order valence-electron chi connectivity index (χ4n) is 9.32. The molecular formula is C38H60ClNaO10. The average Bonchev–Trinajstić information content (AvgIpc) is 3.57. The second kappa shape index (κ2) is 17.7. The van der Waals surface area contributed by atoms with Crippen molar-refractivity contribution in [2.75, 3.05) is 0 Å². The van der Waals surface area contributed by atoms with Gasteiger partial charge in [-0.15, -0.1) is 0 Å². The Labute approximate surface area is 326 Å². The van der Waals surface area contributed by atoms with Gasteiger partial charge < -0.3 is 39.4 Å². The van der Waals surface area contributed by atoms with Gasteiger partial charge in [0.15, 0.2) is 5.78 Å².